The maximum absolute atomic E-state index is 11.1. The van der Waals surface area contributed by atoms with E-state index < -0.39 is 48.6 Å². The molecule has 1 saturated heterocycles. The molecule has 0 aliphatic carbocycles. The Hall–Kier alpha value is -1.71. The van der Waals surface area contributed by atoms with Crippen LogP contribution in [0.15, 0.2) is 0 Å². The molecular weight excluding hydrogens is 288 g/mol. The normalized spacial score (nSPS) is 32.1. The number of hydrogen-bond donors (Lipinski definition) is 2. The van der Waals surface area contributed by atoms with E-state index in [1.54, 1.807) is 0 Å². The van der Waals surface area contributed by atoms with E-state index in [4.69, 9.17) is 14.2 Å². The van der Waals surface area contributed by atoms with E-state index in [0.717, 1.165) is 20.8 Å². The molecule has 1 fully saturated rings. The molecule has 0 radical (unpaired) electrons. The maximum atomic E-state index is 11.1. The van der Waals surface area contributed by atoms with Gasteiger partial charge in [0.1, 0.15) is 18.8 Å². The third kappa shape index (κ3) is 4.96. The number of hydrogen-bond acceptors (Lipinski definition) is 9. The Kier molecular flexibility index (Phi) is 6.06. The van der Waals surface area contributed by atoms with Gasteiger partial charge in [-0.05, 0) is 0 Å². The number of ether oxygens (including phenoxy) is 4. The molecule has 21 heavy (non-hydrogen) atoms. The van der Waals surface area contributed by atoms with Crippen molar-refractivity contribution < 1.29 is 43.5 Å². The summed E-state index contributed by atoms with van der Waals surface area (Å²) < 4.78 is 19.4. The van der Waals surface area contributed by atoms with Crippen molar-refractivity contribution in [3.05, 3.63) is 0 Å². The summed E-state index contributed by atoms with van der Waals surface area (Å²) in [4.78, 5) is 32.9. The number of aliphatic hydroxyl groups is 2. The molecular formula is C12H18O9. The van der Waals surface area contributed by atoms with Crippen LogP contribution in [-0.4, -0.2) is 65.4 Å². The van der Waals surface area contributed by atoms with Crippen LogP contribution in [0.25, 0.3) is 0 Å². The first kappa shape index (κ1) is 17.3. The van der Waals surface area contributed by atoms with E-state index in [1.807, 2.05) is 0 Å². The van der Waals surface area contributed by atoms with Crippen LogP contribution in [0.1, 0.15) is 20.8 Å². The van der Waals surface area contributed by atoms with Crippen LogP contribution < -0.4 is 0 Å². The van der Waals surface area contributed by atoms with Crippen molar-refractivity contribution in [2.45, 2.75) is 51.5 Å². The van der Waals surface area contributed by atoms with E-state index >= 15 is 0 Å². The molecule has 2 N–H and O–H groups in total. The molecule has 0 unspecified atom stereocenters. The van der Waals surface area contributed by atoms with Crippen LogP contribution in [0.4, 0.5) is 0 Å². The van der Waals surface area contributed by atoms with Gasteiger partial charge in [0.15, 0.2) is 18.5 Å². The van der Waals surface area contributed by atoms with E-state index in [9.17, 15) is 24.6 Å². The van der Waals surface area contributed by atoms with E-state index in [0.29, 0.717) is 0 Å². The van der Waals surface area contributed by atoms with Crippen molar-refractivity contribution >= 4 is 17.9 Å². The van der Waals surface area contributed by atoms with Crippen molar-refractivity contribution in [2.75, 3.05) is 6.61 Å². The van der Waals surface area contributed by atoms with Gasteiger partial charge in [-0.3, -0.25) is 14.4 Å². The zero-order valence-corrected chi connectivity index (χ0v) is 11.8. The van der Waals surface area contributed by atoms with Gasteiger partial charge in [-0.25, -0.2) is 0 Å². The molecule has 1 heterocycles. The molecule has 0 bridgehead atoms. The lowest BCUT2D eigenvalue weighted by Crippen LogP contribution is -2.61. The van der Waals surface area contributed by atoms with Crippen molar-refractivity contribution in [3.8, 4) is 0 Å². The lowest BCUT2D eigenvalue weighted by Gasteiger charge is -2.41. The third-order valence-corrected chi connectivity index (χ3v) is 2.69. The second-order valence-corrected chi connectivity index (χ2v) is 4.51. The van der Waals surface area contributed by atoms with Crippen molar-refractivity contribution in [3.63, 3.8) is 0 Å². The molecule has 0 aromatic carbocycles. The van der Waals surface area contributed by atoms with Gasteiger partial charge in [0.2, 0.25) is 0 Å². The molecule has 0 aromatic heterocycles. The molecule has 1 rings (SSSR count). The van der Waals surface area contributed by atoms with Crippen molar-refractivity contribution in [1.29, 1.82) is 0 Å². The fourth-order valence-corrected chi connectivity index (χ4v) is 1.89. The average molecular weight is 306 g/mol. The van der Waals surface area contributed by atoms with Crippen LogP contribution in [0.2, 0.25) is 0 Å². The topological polar surface area (TPSA) is 129 Å². The second kappa shape index (κ2) is 7.34. The highest BCUT2D eigenvalue weighted by atomic mass is 16.7. The molecule has 5 atom stereocenters. The molecule has 1 aliphatic heterocycles. The minimum atomic E-state index is -1.64. The predicted octanol–water partition coefficient (Wildman–Crippen LogP) is -1.51. The molecule has 120 valence electrons. The lowest BCUT2D eigenvalue weighted by atomic mass is 9.98. The fraction of sp³-hybridized carbons (Fsp3) is 0.750. The molecule has 9 nitrogen and oxygen atoms in total. The van der Waals surface area contributed by atoms with Gasteiger partial charge < -0.3 is 29.2 Å². The van der Waals surface area contributed by atoms with Gasteiger partial charge in [-0.1, -0.05) is 0 Å². The van der Waals surface area contributed by atoms with E-state index in [2.05, 4.69) is 4.74 Å². The first-order valence-electron chi connectivity index (χ1n) is 6.21. The first-order chi connectivity index (χ1) is 9.72. The Balaban J connectivity index is 2.87. The zero-order chi connectivity index (χ0) is 16.2. The van der Waals surface area contributed by atoms with Gasteiger partial charge in [-0.2, -0.15) is 0 Å². The average Bonchev–Trinajstić information content (AvgIpc) is 2.35. The van der Waals surface area contributed by atoms with E-state index in [-0.39, 0.29) is 6.61 Å². The molecule has 0 spiro atoms. The zero-order valence-electron chi connectivity index (χ0n) is 11.8. The standard InChI is InChI=1S/C12H18O9/c1-5(13)18-4-8-9(16)10(19-6(2)14)11(12(17)21-8)20-7(3)15/h8-12,16-17H,4H2,1-3H3/t8-,9+,10+,11-,12-/m1/s1. The third-order valence-electron chi connectivity index (χ3n) is 2.69. The Morgan fingerprint density at radius 2 is 1.48 bits per heavy atom. The molecule has 1 aliphatic rings. The second-order valence-electron chi connectivity index (χ2n) is 4.51. The van der Waals surface area contributed by atoms with Gasteiger partial charge in [0.25, 0.3) is 0 Å². The number of carbonyl (C=O) groups is 3. The summed E-state index contributed by atoms with van der Waals surface area (Å²) >= 11 is 0. The summed E-state index contributed by atoms with van der Waals surface area (Å²) in [6, 6.07) is 0. The summed E-state index contributed by atoms with van der Waals surface area (Å²) in [5.41, 5.74) is 0. The van der Waals surface area contributed by atoms with Crippen LogP contribution >= 0.6 is 0 Å². The van der Waals surface area contributed by atoms with Gasteiger partial charge in [-0.15, -0.1) is 0 Å². The molecule has 0 saturated carbocycles. The smallest absolute Gasteiger partial charge is 0.303 e. The highest BCUT2D eigenvalue weighted by molar-refractivity contribution is 5.67. The lowest BCUT2D eigenvalue weighted by molar-refractivity contribution is -0.293. The van der Waals surface area contributed by atoms with Crippen LogP contribution in [0.5, 0.6) is 0 Å². The Bertz CT molecular complexity index is 408. The highest BCUT2D eigenvalue weighted by Crippen LogP contribution is 2.25. The minimum absolute atomic E-state index is 0.349. The summed E-state index contributed by atoms with van der Waals surface area (Å²) in [6.07, 6.45) is -6.92. The summed E-state index contributed by atoms with van der Waals surface area (Å²) in [7, 11) is 0. The minimum Gasteiger partial charge on any atom is -0.463 e. The Morgan fingerprint density at radius 3 is 1.95 bits per heavy atom. The summed E-state index contributed by atoms with van der Waals surface area (Å²) in [5.74, 6) is -2.09. The quantitative estimate of drug-likeness (QED) is 0.470. The Labute approximate surface area is 120 Å². The van der Waals surface area contributed by atoms with Crippen LogP contribution in [0.3, 0.4) is 0 Å². The Morgan fingerprint density at radius 1 is 0.952 bits per heavy atom. The monoisotopic (exact) mass is 306 g/mol. The predicted molar refractivity (Wildman–Crippen MR) is 64.6 cm³/mol. The summed E-state index contributed by atoms with van der Waals surface area (Å²) in [5, 5.41) is 19.9. The number of carbonyl (C=O) groups excluding carboxylic acids is 3. The number of esters is 3. The van der Waals surface area contributed by atoms with E-state index in [1.165, 1.54) is 0 Å². The molecule has 0 aromatic rings. The largest absolute Gasteiger partial charge is 0.463 e. The molecule has 9 heteroatoms. The first-order valence-corrected chi connectivity index (χ1v) is 6.21. The van der Waals surface area contributed by atoms with Gasteiger partial charge >= 0.3 is 17.9 Å². The van der Waals surface area contributed by atoms with Gasteiger partial charge in [0.05, 0.1) is 0 Å². The number of rotatable bonds is 4. The number of aliphatic hydroxyl groups excluding tert-OH is 2. The maximum Gasteiger partial charge on any atom is 0.303 e. The fourth-order valence-electron chi connectivity index (χ4n) is 1.89. The molecule has 0 amide bonds. The van der Waals surface area contributed by atoms with Crippen molar-refractivity contribution in [1.82, 2.24) is 0 Å². The SMILES string of the molecule is CC(=O)OC[C@H]1O[C@@H](O)[C@H](OC(C)=O)[C@@H](OC(C)=O)[C@H]1O. The van der Waals surface area contributed by atoms with Gasteiger partial charge in [0, 0.05) is 20.8 Å². The van der Waals surface area contributed by atoms with Crippen LogP contribution in [0, 0.1) is 0 Å². The van der Waals surface area contributed by atoms with Crippen molar-refractivity contribution in [2.24, 2.45) is 0 Å². The summed E-state index contributed by atoms with van der Waals surface area (Å²) in [6.45, 7) is 3.00. The van der Waals surface area contributed by atoms with Crippen LogP contribution in [-0.2, 0) is 33.3 Å². The highest BCUT2D eigenvalue weighted by Gasteiger charge is 2.49.